The topological polar surface area (TPSA) is 48.2 Å². The van der Waals surface area contributed by atoms with Gasteiger partial charge >= 0.3 is 0 Å². The van der Waals surface area contributed by atoms with Crippen molar-refractivity contribution in [3.8, 4) is 5.75 Å². The molecule has 2 aromatic carbocycles. The van der Waals surface area contributed by atoms with E-state index in [0.29, 0.717) is 5.92 Å². The molecule has 192 valence electrons. The van der Waals surface area contributed by atoms with Gasteiger partial charge in [0.05, 0.1) is 22.5 Å². The number of nitrogens with zero attached hydrogens (tertiary/aromatic N) is 2. The number of hydrogen-bond acceptors (Lipinski definition) is 4. The van der Waals surface area contributed by atoms with Crippen LogP contribution in [0.5, 0.6) is 5.75 Å². The van der Waals surface area contributed by atoms with Gasteiger partial charge in [0, 0.05) is 36.3 Å². The van der Waals surface area contributed by atoms with Crippen LogP contribution in [0.3, 0.4) is 0 Å². The molecule has 7 heteroatoms. The lowest BCUT2D eigenvalue weighted by atomic mass is 9.99. The number of ketones is 1. The second-order valence-electron chi connectivity index (χ2n) is 9.74. The minimum Gasteiger partial charge on any atom is -0.493 e. The number of thiophene rings is 1. The summed E-state index contributed by atoms with van der Waals surface area (Å²) < 4.78 is 11.4. The molecule has 0 radical (unpaired) electrons. The first kappa shape index (κ1) is 25.6. The molecule has 3 aromatic heterocycles. The summed E-state index contributed by atoms with van der Waals surface area (Å²) in [5.74, 6) is 1.67. The SMILES string of the molecule is Cl.Cn1c(C(=O)c2cn(CCc3ccc(OCC4CCNCC4)cc3)c3ccccc23)cc2sccc21. The smallest absolute Gasteiger partial charge is 0.211 e. The Morgan fingerprint density at radius 3 is 2.62 bits per heavy atom. The molecule has 0 spiro atoms. The molecule has 0 saturated carbocycles. The van der Waals surface area contributed by atoms with E-state index in [0.717, 1.165) is 70.8 Å². The van der Waals surface area contributed by atoms with E-state index in [2.05, 4.69) is 57.7 Å². The van der Waals surface area contributed by atoms with Crippen molar-refractivity contribution in [1.82, 2.24) is 14.5 Å². The van der Waals surface area contributed by atoms with Crippen LogP contribution in [-0.2, 0) is 20.0 Å². The van der Waals surface area contributed by atoms with Crippen molar-refractivity contribution < 1.29 is 9.53 Å². The Balaban J connectivity index is 0.00000280. The summed E-state index contributed by atoms with van der Waals surface area (Å²) in [5.41, 5.74) is 4.96. The summed E-state index contributed by atoms with van der Waals surface area (Å²) in [5, 5.41) is 6.48. The van der Waals surface area contributed by atoms with Crippen molar-refractivity contribution in [2.75, 3.05) is 19.7 Å². The van der Waals surface area contributed by atoms with Gasteiger partial charge in [0.15, 0.2) is 0 Å². The highest BCUT2D eigenvalue weighted by atomic mass is 35.5. The van der Waals surface area contributed by atoms with Crippen LogP contribution in [0.1, 0.15) is 34.5 Å². The number of para-hydroxylation sites is 1. The van der Waals surface area contributed by atoms with Gasteiger partial charge in [-0.2, -0.15) is 0 Å². The van der Waals surface area contributed by atoms with E-state index in [1.165, 1.54) is 18.4 Å². The summed E-state index contributed by atoms with van der Waals surface area (Å²) in [6.07, 6.45) is 5.30. The van der Waals surface area contributed by atoms with Gasteiger partial charge in [0.25, 0.3) is 0 Å². The first-order valence-corrected chi connectivity index (χ1v) is 13.6. The molecule has 0 aliphatic carbocycles. The van der Waals surface area contributed by atoms with Gasteiger partial charge in [-0.05, 0) is 79.5 Å². The fraction of sp³-hybridized carbons (Fsp3) is 0.300. The Labute approximate surface area is 227 Å². The van der Waals surface area contributed by atoms with Crippen LogP contribution in [0.2, 0.25) is 0 Å². The van der Waals surface area contributed by atoms with Crippen molar-refractivity contribution in [3.05, 3.63) is 89.1 Å². The Morgan fingerprint density at radius 1 is 1.05 bits per heavy atom. The largest absolute Gasteiger partial charge is 0.493 e. The van der Waals surface area contributed by atoms with E-state index in [-0.39, 0.29) is 18.2 Å². The predicted octanol–water partition coefficient (Wildman–Crippen LogP) is 6.47. The fourth-order valence-corrected chi connectivity index (χ4v) is 6.13. The van der Waals surface area contributed by atoms with Crippen LogP contribution >= 0.6 is 23.7 Å². The zero-order chi connectivity index (χ0) is 24.5. The van der Waals surface area contributed by atoms with Gasteiger partial charge in [-0.1, -0.05) is 30.3 Å². The maximum atomic E-state index is 13.6. The van der Waals surface area contributed by atoms with E-state index >= 15 is 0 Å². The number of fused-ring (bicyclic) bond motifs is 2. The number of ether oxygens (including phenoxy) is 1. The van der Waals surface area contributed by atoms with Crippen molar-refractivity contribution in [2.45, 2.75) is 25.8 Å². The first-order valence-electron chi connectivity index (χ1n) is 12.8. The predicted molar refractivity (Wildman–Crippen MR) is 155 cm³/mol. The fourth-order valence-electron chi connectivity index (χ4n) is 5.28. The van der Waals surface area contributed by atoms with Crippen LogP contribution in [-0.4, -0.2) is 34.6 Å². The van der Waals surface area contributed by atoms with Crippen molar-refractivity contribution in [2.24, 2.45) is 13.0 Å². The van der Waals surface area contributed by atoms with Crippen molar-refractivity contribution in [1.29, 1.82) is 0 Å². The molecule has 0 atom stereocenters. The van der Waals surface area contributed by atoms with Gasteiger partial charge in [-0.25, -0.2) is 0 Å². The average Bonchev–Trinajstić information content (AvgIpc) is 3.62. The second-order valence-corrected chi connectivity index (χ2v) is 10.7. The molecule has 0 bridgehead atoms. The first-order chi connectivity index (χ1) is 17.7. The normalized spacial score (nSPS) is 14.2. The molecule has 0 unspecified atom stereocenters. The van der Waals surface area contributed by atoms with Crippen molar-refractivity contribution in [3.63, 3.8) is 0 Å². The minimum atomic E-state index is 0. The maximum Gasteiger partial charge on any atom is 0.211 e. The number of aryl methyl sites for hydroxylation is 3. The lowest BCUT2D eigenvalue weighted by Gasteiger charge is -2.22. The number of halogens is 1. The number of hydrogen-bond donors (Lipinski definition) is 1. The molecule has 5 nitrogen and oxygen atoms in total. The summed E-state index contributed by atoms with van der Waals surface area (Å²) in [6, 6.07) is 20.8. The standard InChI is InChI=1S/C30H31N3O2S.ClH/c1-32-27-13-17-36-29(27)18-28(32)30(34)25-19-33(26-5-3-2-4-24(25)26)16-12-21-6-8-23(9-7-21)35-20-22-10-14-31-15-11-22;/h2-9,13,17-19,22,31H,10-12,14-16,20H2,1H3;1H. The molecule has 37 heavy (non-hydrogen) atoms. The van der Waals surface area contributed by atoms with E-state index in [4.69, 9.17) is 4.74 Å². The van der Waals surface area contributed by atoms with Crippen LogP contribution in [0.25, 0.3) is 21.1 Å². The molecule has 1 aliphatic rings. The lowest BCUT2D eigenvalue weighted by Crippen LogP contribution is -2.30. The molecular weight excluding hydrogens is 502 g/mol. The number of rotatable bonds is 8. The summed E-state index contributed by atoms with van der Waals surface area (Å²) >= 11 is 1.67. The third-order valence-corrected chi connectivity index (χ3v) is 8.29. The van der Waals surface area contributed by atoms with Gasteiger partial charge in [0.2, 0.25) is 5.78 Å². The van der Waals surface area contributed by atoms with E-state index in [1.54, 1.807) is 11.3 Å². The number of carbonyl (C=O) groups is 1. The Morgan fingerprint density at radius 2 is 1.84 bits per heavy atom. The van der Waals surface area contributed by atoms with Gasteiger partial charge in [0.1, 0.15) is 5.75 Å². The number of nitrogens with one attached hydrogen (secondary N) is 1. The summed E-state index contributed by atoms with van der Waals surface area (Å²) in [7, 11) is 1.97. The quantitative estimate of drug-likeness (QED) is 0.233. The molecule has 1 aliphatic heterocycles. The highest BCUT2D eigenvalue weighted by Gasteiger charge is 2.21. The molecule has 6 rings (SSSR count). The van der Waals surface area contributed by atoms with Crippen LogP contribution in [0.15, 0.2) is 72.2 Å². The van der Waals surface area contributed by atoms with Crippen molar-refractivity contribution >= 4 is 50.6 Å². The Hall–Kier alpha value is -3.06. The Bertz CT molecular complexity index is 1510. The molecular formula is C30H32ClN3O2S. The zero-order valence-electron chi connectivity index (χ0n) is 21.0. The maximum absolute atomic E-state index is 13.6. The minimum absolute atomic E-state index is 0. The molecule has 1 saturated heterocycles. The molecule has 5 aromatic rings. The van der Waals surface area contributed by atoms with Crippen LogP contribution in [0.4, 0.5) is 0 Å². The van der Waals surface area contributed by atoms with Crippen LogP contribution < -0.4 is 10.1 Å². The van der Waals surface area contributed by atoms with E-state index in [9.17, 15) is 4.79 Å². The van der Waals surface area contributed by atoms with E-state index in [1.807, 2.05) is 36.0 Å². The Kier molecular flexibility index (Phi) is 7.70. The number of carbonyl (C=O) groups excluding carboxylic acids is 1. The monoisotopic (exact) mass is 533 g/mol. The van der Waals surface area contributed by atoms with Gasteiger partial charge in [-0.3, -0.25) is 4.79 Å². The lowest BCUT2D eigenvalue weighted by molar-refractivity contribution is 0.103. The highest BCUT2D eigenvalue weighted by molar-refractivity contribution is 7.17. The van der Waals surface area contributed by atoms with Gasteiger partial charge < -0.3 is 19.2 Å². The number of piperidine rings is 1. The summed E-state index contributed by atoms with van der Waals surface area (Å²) in [6.45, 7) is 3.80. The number of benzene rings is 2. The van der Waals surface area contributed by atoms with E-state index < -0.39 is 0 Å². The third-order valence-electron chi connectivity index (χ3n) is 7.44. The van der Waals surface area contributed by atoms with Crippen LogP contribution in [0, 0.1) is 5.92 Å². The highest BCUT2D eigenvalue weighted by Crippen LogP contribution is 2.29. The molecule has 1 fully saturated rings. The summed E-state index contributed by atoms with van der Waals surface area (Å²) in [4.78, 5) is 13.6. The average molecular weight is 534 g/mol. The third kappa shape index (κ3) is 5.19. The van der Waals surface area contributed by atoms with Gasteiger partial charge in [-0.15, -0.1) is 23.7 Å². The second kappa shape index (κ2) is 11.1. The zero-order valence-corrected chi connectivity index (χ0v) is 22.6. The number of aromatic nitrogens is 2. The molecule has 0 amide bonds. The molecule has 4 heterocycles. The molecule has 1 N–H and O–H groups in total.